The molecule has 1 aromatic heterocycles. The first-order valence-corrected chi connectivity index (χ1v) is 6.50. The smallest absolute Gasteiger partial charge is 0.244 e. The summed E-state index contributed by atoms with van der Waals surface area (Å²) in [7, 11) is 0. The maximum Gasteiger partial charge on any atom is 0.244 e. The highest BCUT2D eigenvalue weighted by atomic mass is 79.9. The van der Waals surface area contributed by atoms with Crippen molar-refractivity contribution < 1.29 is 4.79 Å². The van der Waals surface area contributed by atoms with Crippen molar-refractivity contribution in [1.29, 1.82) is 0 Å². The molecule has 2 aromatic rings. The quantitative estimate of drug-likeness (QED) is 0.696. The molecule has 0 saturated heterocycles. The van der Waals surface area contributed by atoms with Crippen LogP contribution in [0.2, 0.25) is 0 Å². The van der Waals surface area contributed by atoms with Gasteiger partial charge in [-0.3, -0.25) is 9.78 Å². The van der Waals surface area contributed by atoms with E-state index in [1.807, 2.05) is 36.4 Å². The highest BCUT2D eigenvalue weighted by Crippen LogP contribution is 2.10. The zero-order chi connectivity index (χ0) is 13.5. The Morgan fingerprint density at radius 3 is 2.79 bits per heavy atom. The van der Waals surface area contributed by atoms with Crippen molar-refractivity contribution in [3.63, 3.8) is 0 Å². The summed E-state index contributed by atoms with van der Waals surface area (Å²) in [6, 6.07) is 11.3. The Hall–Kier alpha value is -2.01. The first kappa shape index (κ1) is 13.4. The number of aromatic nitrogens is 1. The van der Waals surface area contributed by atoms with Crippen molar-refractivity contribution >= 4 is 28.1 Å². The molecule has 4 nitrogen and oxygen atoms in total. The molecular formula is C14H12BrN3O. The number of halogens is 1. The minimum atomic E-state index is -0.150. The number of pyridine rings is 1. The standard InChI is InChI=1S/C14H12BrN3O/c15-13-5-3-11(4-6-13)8-14(19)18-17-10-12-2-1-7-16-9-12/h1-7,9-10H,8H2,(H,18,19)/b17-10-. The van der Waals surface area contributed by atoms with Gasteiger partial charge in [0.1, 0.15) is 0 Å². The zero-order valence-electron chi connectivity index (χ0n) is 10.1. The van der Waals surface area contributed by atoms with Crippen LogP contribution < -0.4 is 5.43 Å². The van der Waals surface area contributed by atoms with Crippen molar-refractivity contribution in [3.8, 4) is 0 Å². The van der Waals surface area contributed by atoms with Crippen LogP contribution in [0.3, 0.4) is 0 Å². The molecule has 2 rings (SSSR count). The van der Waals surface area contributed by atoms with Crippen molar-refractivity contribution in [2.45, 2.75) is 6.42 Å². The monoisotopic (exact) mass is 317 g/mol. The highest BCUT2D eigenvalue weighted by Gasteiger charge is 2.01. The van der Waals surface area contributed by atoms with Gasteiger partial charge in [-0.1, -0.05) is 34.1 Å². The number of nitrogens with zero attached hydrogens (tertiary/aromatic N) is 2. The van der Waals surface area contributed by atoms with Gasteiger partial charge in [0, 0.05) is 22.4 Å². The normalized spacial score (nSPS) is 10.6. The molecule has 0 aliphatic heterocycles. The Kier molecular flexibility index (Phi) is 4.80. The maximum atomic E-state index is 11.6. The molecule has 96 valence electrons. The second-order valence-electron chi connectivity index (χ2n) is 3.88. The second kappa shape index (κ2) is 6.80. The molecule has 19 heavy (non-hydrogen) atoms. The van der Waals surface area contributed by atoms with E-state index in [4.69, 9.17) is 0 Å². The van der Waals surface area contributed by atoms with Crippen molar-refractivity contribution in [3.05, 3.63) is 64.4 Å². The van der Waals surface area contributed by atoms with E-state index in [0.717, 1.165) is 15.6 Å². The topological polar surface area (TPSA) is 54.4 Å². The van der Waals surface area contributed by atoms with Gasteiger partial charge in [-0.25, -0.2) is 5.43 Å². The van der Waals surface area contributed by atoms with Crippen LogP contribution in [-0.2, 0) is 11.2 Å². The molecular weight excluding hydrogens is 306 g/mol. The van der Waals surface area contributed by atoms with Crippen LogP contribution in [0.1, 0.15) is 11.1 Å². The summed E-state index contributed by atoms with van der Waals surface area (Å²) in [6.45, 7) is 0. The molecule has 0 saturated carbocycles. The molecule has 0 fully saturated rings. The fourth-order valence-electron chi connectivity index (χ4n) is 1.46. The van der Waals surface area contributed by atoms with E-state index in [0.29, 0.717) is 6.42 Å². The van der Waals surface area contributed by atoms with Gasteiger partial charge in [-0.15, -0.1) is 0 Å². The van der Waals surface area contributed by atoms with Crippen molar-refractivity contribution in [2.75, 3.05) is 0 Å². The third-order valence-electron chi connectivity index (χ3n) is 2.37. The summed E-state index contributed by atoms with van der Waals surface area (Å²) >= 11 is 3.35. The lowest BCUT2D eigenvalue weighted by Crippen LogP contribution is -2.19. The number of benzene rings is 1. The molecule has 0 radical (unpaired) electrons. The van der Waals surface area contributed by atoms with Gasteiger partial charge in [0.2, 0.25) is 5.91 Å². The van der Waals surface area contributed by atoms with Crippen LogP contribution in [0.5, 0.6) is 0 Å². The molecule has 0 aliphatic carbocycles. The van der Waals surface area contributed by atoms with Crippen LogP contribution in [0.4, 0.5) is 0 Å². The van der Waals surface area contributed by atoms with Gasteiger partial charge in [-0.2, -0.15) is 5.10 Å². The Morgan fingerprint density at radius 2 is 2.11 bits per heavy atom. The molecule has 1 amide bonds. The predicted octanol–water partition coefficient (Wildman–Crippen LogP) is 2.54. The summed E-state index contributed by atoms with van der Waals surface area (Å²) in [5.41, 5.74) is 4.27. The largest absolute Gasteiger partial charge is 0.273 e. The fourth-order valence-corrected chi connectivity index (χ4v) is 1.72. The van der Waals surface area contributed by atoms with Crippen LogP contribution in [-0.4, -0.2) is 17.1 Å². The van der Waals surface area contributed by atoms with Crippen LogP contribution >= 0.6 is 15.9 Å². The number of carbonyl (C=O) groups is 1. The number of nitrogens with one attached hydrogen (secondary N) is 1. The summed E-state index contributed by atoms with van der Waals surface area (Å²) in [5, 5.41) is 3.88. The number of hydrazone groups is 1. The van der Waals surface area contributed by atoms with Crippen LogP contribution in [0.25, 0.3) is 0 Å². The van der Waals surface area contributed by atoms with Gasteiger partial charge in [0.15, 0.2) is 0 Å². The lowest BCUT2D eigenvalue weighted by molar-refractivity contribution is -0.120. The van der Waals surface area contributed by atoms with Gasteiger partial charge in [-0.05, 0) is 23.8 Å². The van der Waals surface area contributed by atoms with Gasteiger partial charge >= 0.3 is 0 Å². The van der Waals surface area contributed by atoms with Crippen molar-refractivity contribution in [2.24, 2.45) is 5.10 Å². The lowest BCUT2D eigenvalue weighted by Gasteiger charge is -2.00. The zero-order valence-corrected chi connectivity index (χ0v) is 11.7. The fraction of sp³-hybridized carbons (Fsp3) is 0.0714. The Bertz CT molecular complexity index is 567. The summed E-state index contributed by atoms with van der Waals surface area (Å²) in [4.78, 5) is 15.6. The molecule has 1 heterocycles. The average Bonchev–Trinajstić information content (AvgIpc) is 2.43. The molecule has 0 aliphatic rings. The van der Waals surface area contributed by atoms with Gasteiger partial charge in [0.05, 0.1) is 12.6 Å². The van der Waals surface area contributed by atoms with Gasteiger partial charge in [0.25, 0.3) is 0 Å². The van der Waals surface area contributed by atoms with Crippen LogP contribution in [0.15, 0.2) is 58.4 Å². The van der Waals surface area contributed by atoms with E-state index in [1.54, 1.807) is 18.6 Å². The SMILES string of the molecule is O=C(Cc1ccc(Br)cc1)N/N=C\c1cccnc1. The maximum absolute atomic E-state index is 11.6. The highest BCUT2D eigenvalue weighted by molar-refractivity contribution is 9.10. The summed E-state index contributed by atoms with van der Waals surface area (Å²) in [5.74, 6) is -0.150. The average molecular weight is 318 g/mol. The number of hydrogen-bond acceptors (Lipinski definition) is 3. The summed E-state index contributed by atoms with van der Waals surface area (Å²) < 4.78 is 0.992. The lowest BCUT2D eigenvalue weighted by atomic mass is 10.1. The van der Waals surface area contributed by atoms with Gasteiger partial charge < -0.3 is 0 Å². The molecule has 1 N–H and O–H groups in total. The minimum absolute atomic E-state index is 0.150. The minimum Gasteiger partial charge on any atom is -0.273 e. The number of carbonyl (C=O) groups excluding carboxylic acids is 1. The van der Waals surface area contributed by atoms with E-state index in [2.05, 4.69) is 31.4 Å². The molecule has 0 spiro atoms. The summed E-state index contributed by atoms with van der Waals surface area (Å²) in [6.07, 6.45) is 5.22. The molecule has 1 aromatic carbocycles. The first-order valence-electron chi connectivity index (χ1n) is 5.70. The number of hydrogen-bond donors (Lipinski definition) is 1. The predicted molar refractivity (Wildman–Crippen MR) is 77.8 cm³/mol. The molecule has 0 bridgehead atoms. The van der Waals surface area contributed by atoms with Crippen LogP contribution in [0, 0.1) is 0 Å². The molecule has 0 atom stereocenters. The molecule has 0 unspecified atom stereocenters. The Morgan fingerprint density at radius 1 is 1.32 bits per heavy atom. The van der Waals surface area contributed by atoms with E-state index in [1.165, 1.54) is 0 Å². The first-order chi connectivity index (χ1) is 9.24. The Labute approximate surface area is 119 Å². The number of rotatable bonds is 4. The third kappa shape index (κ3) is 4.63. The van der Waals surface area contributed by atoms with Crippen molar-refractivity contribution in [1.82, 2.24) is 10.4 Å². The van der Waals surface area contributed by atoms with E-state index >= 15 is 0 Å². The molecule has 5 heteroatoms. The van der Waals surface area contributed by atoms with E-state index in [9.17, 15) is 4.79 Å². The Balaban J connectivity index is 1.85. The van der Waals surface area contributed by atoms with E-state index in [-0.39, 0.29) is 5.91 Å². The number of amides is 1. The third-order valence-corrected chi connectivity index (χ3v) is 2.89. The second-order valence-corrected chi connectivity index (χ2v) is 4.80. The van der Waals surface area contributed by atoms with E-state index < -0.39 is 0 Å².